The van der Waals surface area contributed by atoms with Gasteiger partial charge in [0, 0.05) is 0 Å². The van der Waals surface area contributed by atoms with Crippen LogP contribution >= 0.6 is 0 Å². The van der Waals surface area contributed by atoms with Gasteiger partial charge in [-0.3, -0.25) is 5.84 Å². The number of hydrogen-bond acceptors (Lipinski definition) is 3. The number of nitrogens with two attached hydrogens (primary N) is 1. The number of rotatable bonds is 5. The number of halogens is 2. The van der Waals surface area contributed by atoms with Crippen molar-refractivity contribution in [2.24, 2.45) is 5.84 Å². The number of nitrogens with one attached hydrogen (secondary N) is 1. The van der Waals surface area contributed by atoms with E-state index in [1.54, 1.807) is 12.1 Å². The van der Waals surface area contributed by atoms with Gasteiger partial charge in [-0.1, -0.05) is 35.9 Å². The molecule has 0 heterocycles. The Morgan fingerprint density at radius 2 is 1.86 bits per heavy atom. The quantitative estimate of drug-likeness (QED) is 0.655. The number of aryl methyl sites for hydroxylation is 2. The molecule has 3 nitrogen and oxygen atoms in total. The number of ether oxygens (including phenoxy) is 1. The minimum atomic E-state index is -2.84. The van der Waals surface area contributed by atoms with Crippen molar-refractivity contribution in [3.63, 3.8) is 0 Å². The molecule has 0 bridgehead atoms. The zero-order chi connectivity index (χ0) is 15.4. The molecule has 2 aromatic rings. The van der Waals surface area contributed by atoms with Gasteiger partial charge in [-0.2, -0.15) is 8.78 Å². The molecule has 5 heteroatoms. The van der Waals surface area contributed by atoms with Crippen LogP contribution in [0.2, 0.25) is 0 Å². The summed E-state index contributed by atoms with van der Waals surface area (Å²) in [6, 6.07) is 12.3. The molecule has 21 heavy (non-hydrogen) atoms. The van der Waals surface area contributed by atoms with Crippen molar-refractivity contribution in [2.75, 3.05) is 0 Å². The molecular formula is C16H18F2N2O. The van der Waals surface area contributed by atoms with Crippen LogP contribution in [0.1, 0.15) is 28.3 Å². The largest absolute Gasteiger partial charge is 0.435 e. The first-order valence-electron chi connectivity index (χ1n) is 6.59. The van der Waals surface area contributed by atoms with Crippen LogP contribution in [-0.2, 0) is 0 Å². The van der Waals surface area contributed by atoms with Crippen LogP contribution in [0.5, 0.6) is 5.75 Å². The van der Waals surface area contributed by atoms with Crippen molar-refractivity contribution >= 4 is 0 Å². The molecular weight excluding hydrogens is 274 g/mol. The topological polar surface area (TPSA) is 47.3 Å². The molecule has 1 unspecified atom stereocenters. The summed E-state index contributed by atoms with van der Waals surface area (Å²) in [5.74, 6) is 5.79. The first kappa shape index (κ1) is 15.4. The highest BCUT2D eigenvalue weighted by atomic mass is 19.3. The molecule has 0 spiro atoms. The lowest BCUT2D eigenvalue weighted by Gasteiger charge is -2.20. The minimum absolute atomic E-state index is 0.119. The standard InChI is InChI=1S/C16H18F2N2O/c1-10-6-7-11(2)14(8-10)15(20-19)12-4-3-5-13(9-12)21-16(17)18/h3-9,15-16,20H,19H2,1-2H3. The van der Waals surface area contributed by atoms with Crippen molar-refractivity contribution in [1.29, 1.82) is 0 Å². The zero-order valence-electron chi connectivity index (χ0n) is 11.9. The zero-order valence-corrected chi connectivity index (χ0v) is 11.9. The molecule has 0 radical (unpaired) electrons. The second-order valence-electron chi connectivity index (χ2n) is 4.91. The third-order valence-corrected chi connectivity index (χ3v) is 3.33. The highest BCUT2D eigenvalue weighted by Gasteiger charge is 2.16. The number of alkyl halides is 2. The highest BCUT2D eigenvalue weighted by molar-refractivity contribution is 5.41. The third kappa shape index (κ3) is 3.77. The average molecular weight is 292 g/mol. The van der Waals surface area contributed by atoms with E-state index in [4.69, 9.17) is 5.84 Å². The molecule has 0 aromatic heterocycles. The summed E-state index contributed by atoms with van der Waals surface area (Å²) in [6.07, 6.45) is 0. The Balaban J connectivity index is 2.39. The van der Waals surface area contributed by atoms with Gasteiger partial charge in [0.25, 0.3) is 0 Å². The van der Waals surface area contributed by atoms with Crippen molar-refractivity contribution in [2.45, 2.75) is 26.5 Å². The lowest BCUT2D eigenvalue weighted by Crippen LogP contribution is -2.29. The fraction of sp³-hybridized carbons (Fsp3) is 0.250. The van der Waals surface area contributed by atoms with Gasteiger partial charge in [-0.05, 0) is 42.7 Å². The molecule has 1 atom stereocenters. The van der Waals surface area contributed by atoms with Crippen LogP contribution in [0.4, 0.5) is 8.78 Å². The molecule has 112 valence electrons. The van der Waals surface area contributed by atoms with E-state index in [1.807, 2.05) is 38.1 Å². The number of hydrazine groups is 1. The summed E-state index contributed by atoms with van der Waals surface area (Å²) < 4.78 is 29.1. The van der Waals surface area contributed by atoms with E-state index < -0.39 is 6.61 Å². The van der Waals surface area contributed by atoms with E-state index in [0.29, 0.717) is 0 Å². The summed E-state index contributed by atoms with van der Waals surface area (Å²) in [5.41, 5.74) is 6.69. The molecule has 0 amide bonds. The van der Waals surface area contributed by atoms with Crippen molar-refractivity contribution < 1.29 is 13.5 Å². The Morgan fingerprint density at radius 3 is 2.52 bits per heavy atom. The summed E-state index contributed by atoms with van der Waals surface area (Å²) in [6.45, 7) is 1.14. The van der Waals surface area contributed by atoms with Crippen LogP contribution < -0.4 is 16.0 Å². The Hall–Kier alpha value is -1.98. The second kappa shape index (κ2) is 6.65. The van der Waals surface area contributed by atoms with Gasteiger partial charge in [0.05, 0.1) is 6.04 Å². The fourth-order valence-corrected chi connectivity index (χ4v) is 2.31. The minimum Gasteiger partial charge on any atom is -0.435 e. The van der Waals surface area contributed by atoms with Gasteiger partial charge in [0.2, 0.25) is 0 Å². The molecule has 0 aliphatic heterocycles. The van der Waals surface area contributed by atoms with E-state index in [9.17, 15) is 8.78 Å². The van der Waals surface area contributed by atoms with Gasteiger partial charge in [0.15, 0.2) is 0 Å². The summed E-state index contributed by atoms with van der Waals surface area (Å²) in [4.78, 5) is 0. The monoisotopic (exact) mass is 292 g/mol. The third-order valence-electron chi connectivity index (χ3n) is 3.33. The van der Waals surface area contributed by atoms with E-state index in [2.05, 4.69) is 10.2 Å². The van der Waals surface area contributed by atoms with E-state index >= 15 is 0 Å². The SMILES string of the molecule is Cc1ccc(C)c(C(NN)c2cccc(OC(F)F)c2)c1. The lowest BCUT2D eigenvalue weighted by atomic mass is 9.94. The normalized spacial score (nSPS) is 12.5. The highest BCUT2D eigenvalue weighted by Crippen LogP contribution is 2.28. The molecule has 0 aliphatic carbocycles. The molecule has 0 aliphatic rings. The number of benzene rings is 2. The van der Waals surface area contributed by atoms with Crippen molar-refractivity contribution in [3.05, 3.63) is 64.7 Å². The van der Waals surface area contributed by atoms with Crippen LogP contribution in [0.15, 0.2) is 42.5 Å². The van der Waals surface area contributed by atoms with Crippen molar-refractivity contribution in [1.82, 2.24) is 5.43 Å². The lowest BCUT2D eigenvalue weighted by molar-refractivity contribution is -0.0498. The van der Waals surface area contributed by atoms with Gasteiger partial charge < -0.3 is 4.74 Å². The van der Waals surface area contributed by atoms with E-state index in [-0.39, 0.29) is 11.8 Å². The fourth-order valence-electron chi connectivity index (χ4n) is 2.31. The first-order chi connectivity index (χ1) is 10.0. The first-order valence-corrected chi connectivity index (χ1v) is 6.59. The summed E-state index contributed by atoms with van der Waals surface area (Å²) >= 11 is 0. The van der Waals surface area contributed by atoms with Crippen LogP contribution in [0.3, 0.4) is 0 Å². The molecule has 2 rings (SSSR count). The summed E-state index contributed by atoms with van der Waals surface area (Å²) in [7, 11) is 0. The maximum absolute atomic E-state index is 12.3. The van der Waals surface area contributed by atoms with Gasteiger partial charge in [-0.25, -0.2) is 5.43 Å². The average Bonchev–Trinajstić information content (AvgIpc) is 2.43. The maximum Gasteiger partial charge on any atom is 0.387 e. The van der Waals surface area contributed by atoms with Gasteiger partial charge in [0.1, 0.15) is 5.75 Å². The predicted octanol–water partition coefficient (Wildman–Crippen LogP) is 3.46. The van der Waals surface area contributed by atoms with Gasteiger partial charge in [-0.15, -0.1) is 0 Å². The molecule has 0 saturated carbocycles. The maximum atomic E-state index is 12.3. The molecule has 0 fully saturated rings. The van der Waals surface area contributed by atoms with Gasteiger partial charge >= 0.3 is 6.61 Å². The Kier molecular flexibility index (Phi) is 4.88. The van der Waals surface area contributed by atoms with Crippen molar-refractivity contribution in [3.8, 4) is 5.75 Å². The summed E-state index contributed by atoms with van der Waals surface area (Å²) in [5, 5.41) is 0. The Bertz CT molecular complexity index is 617. The second-order valence-corrected chi connectivity index (χ2v) is 4.91. The predicted molar refractivity (Wildman–Crippen MR) is 78.2 cm³/mol. The molecule has 0 saturated heterocycles. The van der Waals surface area contributed by atoms with E-state index in [0.717, 1.165) is 22.3 Å². The number of hydrogen-bond donors (Lipinski definition) is 2. The van der Waals surface area contributed by atoms with Crippen LogP contribution in [0, 0.1) is 13.8 Å². The molecule has 3 N–H and O–H groups in total. The molecule has 2 aromatic carbocycles. The van der Waals surface area contributed by atoms with Crippen LogP contribution in [-0.4, -0.2) is 6.61 Å². The Morgan fingerprint density at radius 1 is 1.10 bits per heavy atom. The van der Waals surface area contributed by atoms with Crippen LogP contribution in [0.25, 0.3) is 0 Å². The van der Waals surface area contributed by atoms with E-state index in [1.165, 1.54) is 6.07 Å². The smallest absolute Gasteiger partial charge is 0.387 e. The Labute approximate surface area is 122 Å².